The van der Waals surface area contributed by atoms with Gasteiger partial charge in [-0.25, -0.2) is 4.98 Å². The monoisotopic (exact) mass is 239 g/mol. The fourth-order valence-electron chi connectivity index (χ4n) is 1.81. The first-order chi connectivity index (χ1) is 7.75. The number of nitrogens with zero attached hydrogens (tertiary/aromatic N) is 1. The predicted octanol–water partition coefficient (Wildman–Crippen LogP) is 1.67. The lowest BCUT2D eigenvalue weighted by Crippen LogP contribution is -2.34. The van der Waals surface area contributed by atoms with Crippen LogP contribution in [-0.2, 0) is 4.79 Å². The molecule has 1 aromatic rings. The van der Waals surface area contributed by atoms with Gasteiger partial charge in [0.2, 0.25) is 5.91 Å². The van der Waals surface area contributed by atoms with E-state index in [-0.39, 0.29) is 11.8 Å². The summed E-state index contributed by atoms with van der Waals surface area (Å²) in [7, 11) is 0. The number of aromatic nitrogens is 1. The van der Waals surface area contributed by atoms with Crippen molar-refractivity contribution in [3.63, 3.8) is 0 Å². The molecule has 1 aliphatic rings. The number of hydrogen-bond donors (Lipinski definition) is 2. The molecule has 0 spiro atoms. The van der Waals surface area contributed by atoms with Crippen LogP contribution in [0.3, 0.4) is 0 Å². The van der Waals surface area contributed by atoms with Crippen LogP contribution in [0, 0.1) is 5.92 Å². The van der Waals surface area contributed by atoms with Gasteiger partial charge < -0.3 is 10.6 Å². The normalized spacial score (nSPS) is 17.1. The largest absolute Gasteiger partial charge is 0.326 e. The van der Waals surface area contributed by atoms with E-state index in [4.69, 9.17) is 11.6 Å². The van der Waals surface area contributed by atoms with Crippen molar-refractivity contribution in [2.75, 3.05) is 18.4 Å². The van der Waals surface area contributed by atoms with E-state index in [9.17, 15) is 4.79 Å². The lowest BCUT2D eigenvalue weighted by molar-refractivity contribution is -0.120. The molecule has 1 amide bonds. The number of hydrogen-bond acceptors (Lipinski definition) is 3. The topological polar surface area (TPSA) is 54.0 Å². The molecule has 2 N–H and O–H groups in total. The minimum atomic E-state index is 0.0729. The molecular formula is C11H14ClN3O. The lowest BCUT2D eigenvalue weighted by Gasteiger charge is -2.21. The summed E-state index contributed by atoms with van der Waals surface area (Å²) in [5.41, 5.74) is 0.712. The molecule has 1 aliphatic heterocycles. The second-order valence-electron chi connectivity index (χ2n) is 3.88. The Morgan fingerprint density at radius 3 is 2.94 bits per heavy atom. The van der Waals surface area contributed by atoms with Crippen LogP contribution in [0.15, 0.2) is 18.3 Å². The van der Waals surface area contributed by atoms with Crippen molar-refractivity contribution in [2.45, 2.75) is 12.8 Å². The number of amides is 1. The number of rotatable bonds is 2. The van der Waals surface area contributed by atoms with Crippen LogP contribution in [0.1, 0.15) is 12.8 Å². The predicted molar refractivity (Wildman–Crippen MR) is 63.5 cm³/mol. The van der Waals surface area contributed by atoms with E-state index >= 15 is 0 Å². The van der Waals surface area contributed by atoms with Crippen molar-refractivity contribution < 1.29 is 4.79 Å². The fraction of sp³-hybridized carbons (Fsp3) is 0.455. The van der Waals surface area contributed by atoms with Crippen molar-refractivity contribution >= 4 is 23.2 Å². The van der Waals surface area contributed by atoms with Gasteiger partial charge in [-0.05, 0) is 38.1 Å². The summed E-state index contributed by atoms with van der Waals surface area (Å²) in [6, 6.07) is 3.39. The molecule has 4 nitrogen and oxygen atoms in total. The first kappa shape index (κ1) is 11.4. The van der Waals surface area contributed by atoms with Crippen LogP contribution in [0.25, 0.3) is 0 Å². The molecule has 0 bridgehead atoms. The molecule has 2 heterocycles. The second kappa shape index (κ2) is 5.27. The first-order valence-electron chi connectivity index (χ1n) is 5.39. The summed E-state index contributed by atoms with van der Waals surface area (Å²) >= 11 is 5.74. The molecule has 16 heavy (non-hydrogen) atoms. The minimum Gasteiger partial charge on any atom is -0.326 e. The van der Waals surface area contributed by atoms with Gasteiger partial charge in [0, 0.05) is 17.8 Å². The van der Waals surface area contributed by atoms with Crippen molar-refractivity contribution in [1.29, 1.82) is 0 Å². The van der Waals surface area contributed by atoms with Gasteiger partial charge in [0.1, 0.15) is 5.15 Å². The Balaban J connectivity index is 1.96. The summed E-state index contributed by atoms with van der Waals surface area (Å²) in [5, 5.41) is 6.48. The molecule has 1 fully saturated rings. The fourth-order valence-corrected chi connectivity index (χ4v) is 1.98. The summed E-state index contributed by atoms with van der Waals surface area (Å²) in [5.74, 6) is 0.178. The molecule has 1 saturated heterocycles. The molecule has 1 aromatic heterocycles. The number of carbonyl (C=O) groups excluding carboxylic acids is 1. The third-order valence-corrected chi connectivity index (χ3v) is 2.91. The number of nitrogens with one attached hydrogen (secondary N) is 2. The molecular weight excluding hydrogens is 226 g/mol. The van der Waals surface area contributed by atoms with Crippen molar-refractivity contribution in [1.82, 2.24) is 10.3 Å². The molecule has 0 atom stereocenters. The van der Waals surface area contributed by atoms with Crippen LogP contribution >= 0.6 is 11.6 Å². The highest BCUT2D eigenvalue weighted by molar-refractivity contribution is 6.29. The van der Waals surface area contributed by atoms with Crippen LogP contribution in [-0.4, -0.2) is 24.0 Å². The Kier molecular flexibility index (Phi) is 3.74. The zero-order valence-electron chi connectivity index (χ0n) is 8.87. The molecule has 5 heteroatoms. The van der Waals surface area contributed by atoms with E-state index in [0.717, 1.165) is 25.9 Å². The Labute approximate surface area is 99.4 Å². The molecule has 0 radical (unpaired) electrons. The molecule has 0 aromatic carbocycles. The van der Waals surface area contributed by atoms with E-state index < -0.39 is 0 Å². The smallest absolute Gasteiger partial charge is 0.227 e. The van der Waals surface area contributed by atoms with Crippen molar-refractivity contribution in [3.8, 4) is 0 Å². The molecule has 86 valence electrons. The van der Waals surface area contributed by atoms with Crippen LogP contribution in [0.4, 0.5) is 5.69 Å². The summed E-state index contributed by atoms with van der Waals surface area (Å²) in [6.45, 7) is 1.82. The number of halogens is 1. The number of carbonyl (C=O) groups is 1. The maximum Gasteiger partial charge on any atom is 0.227 e. The average Bonchev–Trinajstić information content (AvgIpc) is 2.30. The van der Waals surface area contributed by atoms with Gasteiger partial charge in [0.25, 0.3) is 0 Å². The van der Waals surface area contributed by atoms with E-state index in [0.29, 0.717) is 10.8 Å². The second-order valence-corrected chi connectivity index (χ2v) is 4.27. The molecule has 0 unspecified atom stereocenters. The third kappa shape index (κ3) is 2.93. The highest BCUT2D eigenvalue weighted by Gasteiger charge is 2.20. The highest BCUT2D eigenvalue weighted by atomic mass is 35.5. The van der Waals surface area contributed by atoms with Gasteiger partial charge in [-0.3, -0.25) is 4.79 Å². The van der Waals surface area contributed by atoms with Gasteiger partial charge in [-0.1, -0.05) is 11.6 Å². The lowest BCUT2D eigenvalue weighted by atomic mass is 9.97. The number of piperidine rings is 1. The van der Waals surface area contributed by atoms with E-state index in [1.54, 1.807) is 18.3 Å². The molecule has 2 rings (SSSR count). The van der Waals surface area contributed by atoms with Crippen LogP contribution in [0.2, 0.25) is 5.15 Å². The molecule has 0 aliphatic carbocycles. The zero-order valence-corrected chi connectivity index (χ0v) is 9.63. The number of pyridine rings is 1. The maximum atomic E-state index is 11.9. The standard InChI is InChI=1S/C11H14ClN3O/c12-10-7-9(3-6-14-10)15-11(16)8-1-4-13-5-2-8/h3,6-8,13H,1-2,4-5H2,(H,14,15,16). The summed E-state index contributed by atoms with van der Waals surface area (Å²) < 4.78 is 0. The van der Waals surface area contributed by atoms with Gasteiger partial charge in [0.05, 0.1) is 0 Å². The molecule has 0 saturated carbocycles. The average molecular weight is 240 g/mol. The van der Waals surface area contributed by atoms with E-state index in [2.05, 4.69) is 15.6 Å². The van der Waals surface area contributed by atoms with E-state index in [1.165, 1.54) is 0 Å². The quantitative estimate of drug-likeness (QED) is 0.772. The van der Waals surface area contributed by atoms with Crippen molar-refractivity contribution in [3.05, 3.63) is 23.5 Å². The first-order valence-corrected chi connectivity index (χ1v) is 5.76. The summed E-state index contributed by atoms with van der Waals surface area (Å²) in [6.07, 6.45) is 3.37. The Morgan fingerprint density at radius 2 is 2.25 bits per heavy atom. The van der Waals surface area contributed by atoms with Crippen LogP contribution < -0.4 is 10.6 Å². The number of anilines is 1. The Morgan fingerprint density at radius 1 is 1.50 bits per heavy atom. The zero-order chi connectivity index (χ0) is 11.4. The van der Waals surface area contributed by atoms with Gasteiger partial charge in [-0.15, -0.1) is 0 Å². The highest BCUT2D eigenvalue weighted by Crippen LogP contribution is 2.17. The maximum absolute atomic E-state index is 11.9. The minimum absolute atomic E-state index is 0.0729. The Bertz CT molecular complexity index is 377. The van der Waals surface area contributed by atoms with Gasteiger partial charge in [-0.2, -0.15) is 0 Å². The van der Waals surface area contributed by atoms with Gasteiger partial charge >= 0.3 is 0 Å². The SMILES string of the molecule is O=C(Nc1ccnc(Cl)c1)C1CCNCC1. The van der Waals surface area contributed by atoms with Crippen molar-refractivity contribution in [2.24, 2.45) is 5.92 Å². The van der Waals surface area contributed by atoms with E-state index in [1.807, 2.05) is 0 Å². The summed E-state index contributed by atoms with van der Waals surface area (Å²) in [4.78, 5) is 15.7. The third-order valence-electron chi connectivity index (χ3n) is 2.70. The van der Waals surface area contributed by atoms with Crippen LogP contribution in [0.5, 0.6) is 0 Å². The Hall–Kier alpha value is -1.13. The van der Waals surface area contributed by atoms with Gasteiger partial charge in [0.15, 0.2) is 0 Å².